The van der Waals surface area contributed by atoms with Crippen LogP contribution in [-0.4, -0.2) is 19.7 Å². The van der Waals surface area contributed by atoms with Gasteiger partial charge in [-0.3, -0.25) is 4.79 Å². The van der Waals surface area contributed by atoms with Gasteiger partial charge in [0.15, 0.2) is 17.3 Å². The molecule has 74 valence electrons. The van der Waals surface area contributed by atoms with Crippen molar-refractivity contribution in [3.63, 3.8) is 0 Å². The molecule has 4 nitrogen and oxygen atoms in total. The van der Waals surface area contributed by atoms with E-state index < -0.39 is 0 Å². The first-order valence-corrected chi connectivity index (χ1v) is 4.21. The van der Waals surface area contributed by atoms with Gasteiger partial charge in [0.25, 0.3) is 0 Å². The Balaban J connectivity index is 2.57. The van der Waals surface area contributed by atoms with Crippen molar-refractivity contribution in [3.8, 4) is 17.2 Å². The van der Waals surface area contributed by atoms with E-state index in [0.29, 0.717) is 22.8 Å². The summed E-state index contributed by atoms with van der Waals surface area (Å²) in [6.45, 7) is 1.64. The number of fused-ring (bicyclic) bond motifs is 1. The summed E-state index contributed by atoms with van der Waals surface area (Å²) in [5.41, 5.74) is 0.497. The van der Waals surface area contributed by atoms with Crippen LogP contribution in [0.4, 0.5) is 0 Å². The lowest BCUT2D eigenvalue weighted by atomic mass is 10.1. The molecule has 0 aliphatic carbocycles. The van der Waals surface area contributed by atoms with Gasteiger partial charge in [-0.25, -0.2) is 0 Å². The Kier molecular flexibility index (Phi) is 2.04. The van der Waals surface area contributed by atoms with Gasteiger partial charge in [0.2, 0.25) is 6.79 Å². The Morgan fingerprint density at radius 1 is 1.43 bits per heavy atom. The minimum absolute atomic E-state index is 0.0642. The quantitative estimate of drug-likeness (QED) is 0.671. The normalized spacial score (nSPS) is 12.7. The summed E-state index contributed by atoms with van der Waals surface area (Å²) in [5.74, 6) is 1.61. The number of Topliss-reactive ketones (excluding diaryl/α,β-unsaturated/α-hetero) is 1. The fourth-order valence-corrected chi connectivity index (χ4v) is 1.36. The molecule has 4 heteroatoms. The van der Waals surface area contributed by atoms with Crippen molar-refractivity contribution >= 4 is 5.78 Å². The average molecular weight is 194 g/mol. The van der Waals surface area contributed by atoms with Crippen molar-refractivity contribution in [2.75, 3.05) is 13.9 Å². The molecule has 0 amide bonds. The summed E-state index contributed by atoms with van der Waals surface area (Å²) in [6, 6.07) is 3.35. The molecule has 1 aliphatic rings. The fraction of sp³-hybridized carbons (Fsp3) is 0.300. The van der Waals surface area contributed by atoms with Crippen LogP contribution in [0.25, 0.3) is 0 Å². The maximum Gasteiger partial charge on any atom is 0.231 e. The minimum atomic E-state index is -0.0642. The number of benzene rings is 1. The predicted molar refractivity (Wildman–Crippen MR) is 49.1 cm³/mol. The smallest absolute Gasteiger partial charge is 0.231 e. The maximum absolute atomic E-state index is 11.3. The summed E-state index contributed by atoms with van der Waals surface area (Å²) < 4.78 is 15.4. The molecule has 0 bridgehead atoms. The predicted octanol–water partition coefficient (Wildman–Crippen LogP) is 1.63. The van der Waals surface area contributed by atoms with E-state index >= 15 is 0 Å². The van der Waals surface area contributed by atoms with Gasteiger partial charge in [-0.05, 0) is 13.0 Å². The van der Waals surface area contributed by atoms with Gasteiger partial charge in [-0.2, -0.15) is 0 Å². The third kappa shape index (κ3) is 1.28. The molecule has 0 aromatic heterocycles. The van der Waals surface area contributed by atoms with Crippen LogP contribution in [0.3, 0.4) is 0 Å². The minimum Gasteiger partial charge on any atom is -0.497 e. The topological polar surface area (TPSA) is 44.8 Å². The van der Waals surface area contributed by atoms with Crippen molar-refractivity contribution in [2.45, 2.75) is 6.92 Å². The van der Waals surface area contributed by atoms with Gasteiger partial charge in [0, 0.05) is 6.07 Å². The number of rotatable bonds is 2. The number of carbonyl (C=O) groups excluding carboxylic acids is 1. The molecule has 0 N–H and O–H groups in total. The van der Waals surface area contributed by atoms with Crippen LogP contribution in [0, 0.1) is 0 Å². The SMILES string of the molecule is COc1cc2c(c(C(C)=O)c1)OCO2. The highest BCUT2D eigenvalue weighted by Gasteiger charge is 2.21. The van der Waals surface area contributed by atoms with Crippen LogP contribution in [-0.2, 0) is 0 Å². The van der Waals surface area contributed by atoms with E-state index in [2.05, 4.69) is 0 Å². The van der Waals surface area contributed by atoms with E-state index in [1.807, 2.05) is 0 Å². The lowest BCUT2D eigenvalue weighted by Crippen LogP contribution is -1.97. The number of ketones is 1. The van der Waals surface area contributed by atoms with Crippen molar-refractivity contribution in [2.24, 2.45) is 0 Å². The largest absolute Gasteiger partial charge is 0.497 e. The van der Waals surface area contributed by atoms with Crippen LogP contribution in [0.5, 0.6) is 17.2 Å². The molecule has 1 aromatic rings. The molecule has 14 heavy (non-hydrogen) atoms. The Bertz CT molecular complexity index is 384. The van der Waals surface area contributed by atoms with Crippen LogP contribution in [0.2, 0.25) is 0 Å². The van der Waals surface area contributed by atoms with E-state index in [1.54, 1.807) is 19.2 Å². The lowest BCUT2D eigenvalue weighted by Gasteiger charge is -2.05. The molecular weight excluding hydrogens is 184 g/mol. The van der Waals surface area contributed by atoms with Crippen molar-refractivity contribution in [1.82, 2.24) is 0 Å². The van der Waals surface area contributed by atoms with E-state index in [4.69, 9.17) is 14.2 Å². The first-order chi connectivity index (χ1) is 6.72. The number of methoxy groups -OCH3 is 1. The van der Waals surface area contributed by atoms with Crippen molar-refractivity contribution < 1.29 is 19.0 Å². The van der Waals surface area contributed by atoms with E-state index in [-0.39, 0.29) is 12.6 Å². The van der Waals surface area contributed by atoms with Gasteiger partial charge >= 0.3 is 0 Å². The van der Waals surface area contributed by atoms with Gasteiger partial charge < -0.3 is 14.2 Å². The Morgan fingerprint density at radius 2 is 2.21 bits per heavy atom. The highest BCUT2D eigenvalue weighted by molar-refractivity contribution is 5.98. The van der Waals surface area contributed by atoms with E-state index in [9.17, 15) is 4.79 Å². The fourth-order valence-electron chi connectivity index (χ4n) is 1.36. The molecule has 0 saturated heterocycles. The summed E-state index contributed by atoms with van der Waals surface area (Å²) in [7, 11) is 1.54. The molecule has 0 unspecified atom stereocenters. The van der Waals surface area contributed by atoms with Crippen LogP contribution >= 0.6 is 0 Å². The molecule has 1 aliphatic heterocycles. The molecule has 1 aromatic carbocycles. The number of hydrogen-bond donors (Lipinski definition) is 0. The van der Waals surface area contributed by atoms with Crippen LogP contribution < -0.4 is 14.2 Å². The monoisotopic (exact) mass is 194 g/mol. The molecule has 0 atom stereocenters. The Hall–Kier alpha value is -1.71. The maximum atomic E-state index is 11.3. The second-order valence-corrected chi connectivity index (χ2v) is 2.96. The second kappa shape index (κ2) is 3.21. The highest BCUT2D eigenvalue weighted by atomic mass is 16.7. The summed E-state index contributed by atoms with van der Waals surface area (Å²) in [4.78, 5) is 11.3. The lowest BCUT2D eigenvalue weighted by molar-refractivity contribution is 0.101. The zero-order chi connectivity index (χ0) is 10.1. The van der Waals surface area contributed by atoms with Gasteiger partial charge in [0.05, 0.1) is 12.7 Å². The summed E-state index contributed by atoms with van der Waals surface area (Å²) >= 11 is 0. The van der Waals surface area contributed by atoms with Crippen LogP contribution in [0.1, 0.15) is 17.3 Å². The number of hydrogen-bond acceptors (Lipinski definition) is 4. The summed E-state index contributed by atoms with van der Waals surface area (Å²) in [5, 5.41) is 0. The van der Waals surface area contributed by atoms with Gasteiger partial charge in [-0.15, -0.1) is 0 Å². The Labute approximate surface area is 81.4 Å². The highest BCUT2D eigenvalue weighted by Crippen LogP contribution is 2.39. The van der Waals surface area contributed by atoms with Gasteiger partial charge in [-0.1, -0.05) is 0 Å². The molecule has 2 rings (SSSR count). The first kappa shape index (κ1) is 8.87. The van der Waals surface area contributed by atoms with Crippen LogP contribution in [0.15, 0.2) is 12.1 Å². The third-order valence-corrected chi connectivity index (χ3v) is 2.06. The molecule has 0 spiro atoms. The third-order valence-electron chi connectivity index (χ3n) is 2.06. The molecule has 0 radical (unpaired) electrons. The second-order valence-electron chi connectivity index (χ2n) is 2.96. The number of ether oxygens (including phenoxy) is 3. The first-order valence-electron chi connectivity index (χ1n) is 4.21. The standard InChI is InChI=1S/C10H10O4/c1-6(11)8-3-7(12-2)4-9-10(8)14-5-13-9/h3-4H,5H2,1-2H3. The average Bonchev–Trinajstić information content (AvgIpc) is 2.63. The van der Waals surface area contributed by atoms with Gasteiger partial charge in [0.1, 0.15) is 5.75 Å². The van der Waals surface area contributed by atoms with E-state index in [1.165, 1.54) is 6.92 Å². The molecular formula is C10H10O4. The summed E-state index contributed by atoms with van der Waals surface area (Å²) in [6.07, 6.45) is 0. The van der Waals surface area contributed by atoms with E-state index in [0.717, 1.165) is 0 Å². The zero-order valence-electron chi connectivity index (χ0n) is 7.99. The molecule has 0 fully saturated rings. The Morgan fingerprint density at radius 3 is 2.86 bits per heavy atom. The molecule has 1 heterocycles. The zero-order valence-corrected chi connectivity index (χ0v) is 7.99. The number of carbonyl (C=O) groups is 1. The molecule has 0 saturated carbocycles. The van der Waals surface area contributed by atoms with Crippen molar-refractivity contribution in [3.05, 3.63) is 17.7 Å². The van der Waals surface area contributed by atoms with Crippen molar-refractivity contribution in [1.29, 1.82) is 0 Å².